The van der Waals surface area contributed by atoms with E-state index in [9.17, 15) is 19.2 Å². The van der Waals surface area contributed by atoms with Gasteiger partial charge in [-0.3, -0.25) is 19.3 Å². The number of hydrogen-bond acceptors (Lipinski definition) is 5. The number of hydrogen-bond donors (Lipinski definition) is 2. The van der Waals surface area contributed by atoms with Crippen LogP contribution in [0.25, 0.3) is 0 Å². The molecule has 1 saturated heterocycles. The Kier molecular flexibility index (Phi) is 6.25. The molecule has 2 saturated carbocycles. The average Bonchev–Trinajstić information content (AvgIpc) is 2.89. The lowest BCUT2D eigenvalue weighted by molar-refractivity contribution is -0.151. The van der Waals surface area contributed by atoms with Gasteiger partial charge in [0.25, 0.3) is 11.8 Å². The van der Waals surface area contributed by atoms with Gasteiger partial charge in [0.1, 0.15) is 12.1 Å². The Morgan fingerprint density at radius 3 is 2.54 bits per heavy atom. The maximum atomic E-state index is 12.8. The van der Waals surface area contributed by atoms with Crippen molar-refractivity contribution in [2.45, 2.75) is 76.8 Å². The van der Waals surface area contributed by atoms with Crippen LogP contribution in [0, 0.1) is 11.8 Å². The average molecular weight is 393 g/mol. The molecule has 1 heterocycles. The number of nitrogens with one attached hydrogen (secondary N) is 2. The number of ether oxygens (including phenoxy) is 1. The summed E-state index contributed by atoms with van der Waals surface area (Å²) >= 11 is 0. The van der Waals surface area contributed by atoms with Crippen molar-refractivity contribution in [1.82, 2.24) is 15.5 Å². The fourth-order valence-corrected chi connectivity index (χ4v) is 4.63. The van der Waals surface area contributed by atoms with Crippen molar-refractivity contribution in [1.29, 1.82) is 0 Å². The molecule has 0 aromatic heterocycles. The lowest BCUT2D eigenvalue weighted by atomic mass is 9.73. The number of carbonyl (C=O) groups is 4. The highest BCUT2D eigenvalue weighted by Gasteiger charge is 2.55. The molecular formula is C20H31N3O5. The minimum atomic E-state index is -0.898. The van der Waals surface area contributed by atoms with Gasteiger partial charge < -0.3 is 15.4 Å². The third kappa shape index (κ3) is 4.31. The van der Waals surface area contributed by atoms with Crippen molar-refractivity contribution in [2.24, 2.45) is 11.8 Å². The molecule has 3 aliphatic rings. The first-order valence-electron chi connectivity index (χ1n) is 10.4. The van der Waals surface area contributed by atoms with Crippen LogP contribution in [0.1, 0.15) is 65.2 Å². The highest BCUT2D eigenvalue weighted by molar-refractivity contribution is 6.09. The number of carbonyl (C=O) groups excluding carboxylic acids is 4. The van der Waals surface area contributed by atoms with E-state index in [2.05, 4.69) is 17.6 Å². The second-order valence-corrected chi connectivity index (χ2v) is 8.62. The number of amides is 4. The molecule has 0 bridgehead atoms. The summed E-state index contributed by atoms with van der Waals surface area (Å²) in [5.74, 6) is -0.741. The second kappa shape index (κ2) is 8.49. The lowest BCUT2D eigenvalue weighted by Crippen LogP contribution is -2.54. The van der Waals surface area contributed by atoms with E-state index in [0.29, 0.717) is 12.3 Å². The second-order valence-electron chi connectivity index (χ2n) is 8.62. The van der Waals surface area contributed by atoms with Crippen LogP contribution in [0.3, 0.4) is 0 Å². The van der Waals surface area contributed by atoms with E-state index >= 15 is 0 Å². The molecule has 8 heteroatoms. The van der Waals surface area contributed by atoms with Gasteiger partial charge in [-0.15, -0.1) is 0 Å². The number of rotatable bonds is 5. The summed E-state index contributed by atoms with van der Waals surface area (Å²) in [6, 6.07) is -0.433. The third-order valence-corrected chi connectivity index (χ3v) is 6.53. The molecule has 2 aliphatic carbocycles. The number of nitrogens with zero attached hydrogens (tertiary/aromatic N) is 1. The Hall–Kier alpha value is -2.12. The molecule has 1 aliphatic heterocycles. The quantitative estimate of drug-likeness (QED) is 0.547. The molecule has 3 fully saturated rings. The van der Waals surface area contributed by atoms with E-state index in [1.165, 1.54) is 0 Å². The molecule has 4 amide bonds. The van der Waals surface area contributed by atoms with Gasteiger partial charge in [0.2, 0.25) is 0 Å². The van der Waals surface area contributed by atoms with E-state index < -0.39 is 30.7 Å². The zero-order valence-corrected chi connectivity index (χ0v) is 16.8. The molecule has 3 rings (SSSR count). The van der Waals surface area contributed by atoms with Crippen molar-refractivity contribution >= 4 is 23.8 Å². The first-order chi connectivity index (χ1) is 13.3. The fourth-order valence-electron chi connectivity index (χ4n) is 4.63. The van der Waals surface area contributed by atoms with Crippen molar-refractivity contribution in [3.63, 3.8) is 0 Å². The van der Waals surface area contributed by atoms with Crippen LogP contribution in [0.15, 0.2) is 0 Å². The molecule has 1 spiro atoms. The van der Waals surface area contributed by atoms with Gasteiger partial charge in [-0.1, -0.05) is 26.7 Å². The zero-order chi connectivity index (χ0) is 20.3. The predicted octanol–water partition coefficient (Wildman–Crippen LogP) is 1.73. The summed E-state index contributed by atoms with van der Waals surface area (Å²) in [4.78, 5) is 50.1. The topological polar surface area (TPSA) is 105 Å². The molecule has 2 atom stereocenters. The summed E-state index contributed by atoms with van der Waals surface area (Å²) in [7, 11) is 0. The lowest BCUT2D eigenvalue weighted by Gasteiger charge is -2.36. The SMILES string of the molecule is CC1CCC(NC(=O)COC(=O)CN2C(=O)NC3(CCCCC3C)C2=O)CC1. The van der Waals surface area contributed by atoms with E-state index in [0.717, 1.165) is 49.8 Å². The van der Waals surface area contributed by atoms with Gasteiger partial charge in [-0.2, -0.15) is 0 Å². The Balaban J connectivity index is 1.46. The van der Waals surface area contributed by atoms with Crippen molar-refractivity contribution in [3.8, 4) is 0 Å². The molecule has 0 aromatic rings. The Bertz CT molecular complexity index is 644. The molecule has 2 N–H and O–H groups in total. The van der Waals surface area contributed by atoms with Gasteiger partial charge in [0.15, 0.2) is 6.61 Å². The Morgan fingerprint density at radius 1 is 1.14 bits per heavy atom. The summed E-state index contributed by atoms with van der Waals surface area (Å²) in [6.07, 6.45) is 7.39. The van der Waals surface area contributed by atoms with Crippen molar-refractivity contribution < 1.29 is 23.9 Å². The highest BCUT2D eigenvalue weighted by Crippen LogP contribution is 2.38. The number of urea groups is 1. The van der Waals surface area contributed by atoms with E-state index in [4.69, 9.17) is 4.74 Å². The Labute approximate surface area is 165 Å². The van der Waals surface area contributed by atoms with Gasteiger partial charge in [0.05, 0.1) is 0 Å². The van der Waals surface area contributed by atoms with Gasteiger partial charge in [-0.25, -0.2) is 4.79 Å². The van der Waals surface area contributed by atoms with Crippen molar-refractivity contribution in [2.75, 3.05) is 13.2 Å². The normalized spacial score (nSPS) is 32.9. The fraction of sp³-hybridized carbons (Fsp3) is 0.800. The molecular weight excluding hydrogens is 362 g/mol. The molecule has 156 valence electrons. The first kappa shape index (κ1) is 20.6. The van der Waals surface area contributed by atoms with E-state index in [-0.39, 0.29) is 23.8 Å². The van der Waals surface area contributed by atoms with Crippen LogP contribution in [0.2, 0.25) is 0 Å². The van der Waals surface area contributed by atoms with Crippen LogP contribution < -0.4 is 10.6 Å². The predicted molar refractivity (Wildman–Crippen MR) is 101 cm³/mol. The maximum Gasteiger partial charge on any atom is 0.326 e. The first-order valence-corrected chi connectivity index (χ1v) is 10.4. The smallest absolute Gasteiger partial charge is 0.326 e. The Morgan fingerprint density at radius 2 is 1.86 bits per heavy atom. The minimum absolute atomic E-state index is 0.0303. The minimum Gasteiger partial charge on any atom is -0.454 e. The summed E-state index contributed by atoms with van der Waals surface area (Å²) in [6.45, 7) is 3.30. The molecule has 2 unspecified atom stereocenters. The van der Waals surface area contributed by atoms with Gasteiger partial charge in [-0.05, 0) is 50.4 Å². The molecule has 0 radical (unpaired) electrons. The number of esters is 1. The van der Waals surface area contributed by atoms with Gasteiger partial charge in [0, 0.05) is 6.04 Å². The van der Waals surface area contributed by atoms with Crippen LogP contribution in [0.4, 0.5) is 4.79 Å². The molecule has 8 nitrogen and oxygen atoms in total. The maximum absolute atomic E-state index is 12.8. The van der Waals surface area contributed by atoms with E-state index in [1.807, 2.05) is 6.92 Å². The van der Waals surface area contributed by atoms with Gasteiger partial charge >= 0.3 is 12.0 Å². The third-order valence-electron chi connectivity index (χ3n) is 6.53. The standard InChI is InChI=1S/C20H31N3O5/c1-13-6-8-15(9-7-13)21-16(24)12-28-17(25)11-23-18(26)20(22-19(23)27)10-4-3-5-14(20)2/h13-15H,3-12H2,1-2H3,(H,21,24)(H,22,27). The monoisotopic (exact) mass is 393 g/mol. The summed E-state index contributed by atoms with van der Waals surface area (Å²) in [5, 5.41) is 5.68. The zero-order valence-electron chi connectivity index (χ0n) is 16.8. The van der Waals surface area contributed by atoms with Crippen LogP contribution in [-0.2, 0) is 19.1 Å². The highest BCUT2D eigenvalue weighted by atomic mass is 16.5. The van der Waals surface area contributed by atoms with Crippen LogP contribution in [0.5, 0.6) is 0 Å². The molecule has 28 heavy (non-hydrogen) atoms. The largest absolute Gasteiger partial charge is 0.454 e. The van der Waals surface area contributed by atoms with E-state index in [1.54, 1.807) is 0 Å². The van der Waals surface area contributed by atoms with Crippen LogP contribution >= 0.6 is 0 Å². The summed E-state index contributed by atoms with van der Waals surface area (Å²) in [5.41, 5.74) is -0.898. The summed E-state index contributed by atoms with van der Waals surface area (Å²) < 4.78 is 5.00. The van der Waals surface area contributed by atoms with Crippen LogP contribution in [-0.4, -0.2) is 53.4 Å². The van der Waals surface area contributed by atoms with Crippen molar-refractivity contribution in [3.05, 3.63) is 0 Å². The molecule has 0 aromatic carbocycles. The number of imide groups is 1.